The standard InChI is InChI=1S/C14H18O4/c1-3-14(15)18-11-7-6-10-17-13-9-5-4-8-12(13)16-2/h3-5,8-9H,1,6-7,10-11H2,2H3. The van der Waals surface area contributed by atoms with Crippen molar-refractivity contribution in [1.29, 1.82) is 0 Å². The van der Waals surface area contributed by atoms with Gasteiger partial charge in [-0.1, -0.05) is 18.7 Å². The summed E-state index contributed by atoms with van der Waals surface area (Å²) in [5.74, 6) is 1.05. The lowest BCUT2D eigenvalue weighted by Gasteiger charge is -2.09. The molecule has 1 aromatic carbocycles. The van der Waals surface area contributed by atoms with Crippen molar-refractivity contribution in [1.82, 2.24) is 0 Å². The van der Waals surface area contributed by atoms with Gasteiger partial charge < -0.3 is 14.2 Å². The Morgan fingerprint density at radius 3 is 2.56 bits per heavy atom. The number of ether oxygens (including phenoxy) is 3. The number of carbonyl (C=O) groups is 1. The van der Waals surface area contributed by atoms with E-state index in [-0.39, 0.29) is 5.97 Å². The Balaban J connectivity index is 2.18. The van der Waals surface area contributed by atoms with Crippen LogP contribution >= 0.6 is 0 Å². The van der Waals surface area contributed by atoms with Gasteiger partial charge in [0.05, 0.1) is 20.3 Å². The molecule has 0 bridgehead atoms. The van der Waals surface area contributed by atoms with Crippen LogP contribution in [0.25, 0.3) is 0 Å². The fourth-order valence-corrected chi connectivity index (χ4v) is 1.36. The van der Waals surface area contributed by atoms with Gasteiger partial charge in [0.25, 0.3) is 0 Å². The summed E-state index contributed by atoms with van der Waals surface area (Å²) >= 11 is 0. The lowest BCUT2D eigenvalue weighted by Crippen LogP contribution is -2.04. The molecule has 0 aromatic heterocycles. The zero-order valence-corrected chi connectivity index (χ0v) is 10.6. The van der Waals surface area contributed by atoms with Gasteiger partial charge in [-0.15, -0.1) is 0 Å². The Morgan fingerprint density at radius 1 is 1.22 bits per heavy atom. The highest BCUT2D eigenvalue weighted by Crippen LogP contribution is 2.25. The first kappa shape index (κ1) is 14.1. The number of hydrogen-bond acceptors (Lipinski definition) is 4. The third-order valence-electron chi connectivity index (χ3n) is 2.28. The van der Waals surface area contributed by atoms with E-state index >= 15 is 0 Å². The molecule has 0 saturated carbocycles. The molecule has 98 valence electrons. The van der Waals surface area contributed by atoms with Crippen LogP contribution in [-0.4, -0.2) is 26.3 Å². The largest absolute Gasteiger partial charge is 0.493 e. The molecule has 18 heavy (non-hydrogen) atoms. The van der Waals surface area contributed by atoms with E-state index in [1.807, 2.05) is 24.3 Å². The predicted octanol–water partition coefficient (Wildman–Crippen LogP) is 2.58. The molecule has 4 heteroatoms. The Morgan fingerprint density at radius 2 is 1.89 bits per heavy atom. The van der Waals surface area contributed by atoms with Crippen LogP contribution in [0.4, 0.5) is 0 Å². The van der Waals surface area contributed by atoms with Gasteiger partial charge in [0.2, 0.25) is 0 Å². The second-order valence-electron chi connectivity index (χ2n) is 3.58. The summed E-state index contributed by atoms with van der Waals surface area (Å²) < 4.78 is 15.6. The average Bonchev–Trinajstić information content (AvgIpc) is 2.42. The molecule has 1 aromatic rings. The molecule has 0 atom stereocenters. The molecular weight excluding hydrogens is 232 g/mol. The number of carbonyl (C=O) groups excluding carboxylic acids is 1. The highest BCUT2D eigenvalue weighted by atomic mass is 16.5. The van der Waals surface area contributed by atoms with E-state index in [0.717, 1.165) is 30.4 Å². The van der Waals surface area contributed by atoms with Crippen molar-refractivity contribution < 1.29 is 19.0 Å². The van der Waals surface area contributed by atoms with Gasteiger partial charge in [0.15, 0.2) is 11.5 Å². The van der Waals surface area contributed by atoms with Crippen LogP contribution in [0.1, 0.15) is 12.8 Å². The van der Waals surface area contributed by atoms with E-state index in [4.69, 9.17) is 14.2 Å². The van der Waals surface area contributed by atoms with E-state index in [1.54, 1.807) is 7.11 Å². The van der Waals surface area contributed by atoms with Crippen molar-refractivity contribution in [2.75, 3.05) is 20.3 Å². The Kier molecular flexibility index (Phi) is 6.40. The maximum absolute atomic E-state index is 10.8. The summed E-state index contributed by atoms with van der Waals surface area (Å²) in [5, 5.41) is 0. The quantitative estimate of drug-likeness (QED) is 0.404. The Labute approximate surface area is 107 Å². The smallest absolute Gasteiger partial charge is 0.330 e. The summed E-state index contributed by atoms with van der Waals surface area (Å²) in [6.07, 6.45) is 2.72. The highest BCUT2D eigenvalue weighted by molar-refractivity contribution is 5.81. The van der Waals surface area contributed by atoms with Gasteiger partial charge >= 0.3 is 5.97 Å². The van der Waals surface area contributed by atoms with E-state index in [0.29, 0.717) is 13.2 Å². The molecule has 0 spiro atoms. The number of para-hydroxylation sites is 2. The molecule has 0 amide bonds. The fourth-order valence-electron chi connectivity index (χ4n) is 1.36. The van der Waals surface area contributed by atoms with E-state index in [2.05, 4.69) is 6.58 Å². The van der Waals surface area contributed by atoms with Crippen LogP contribution in [0, 0.1) is 0 Å². The molecule has 1 rings (SSSR count). The van der Waals surface area contributed by atoms with Gasteiger partial charge in [-0.25, -0.2) is 4.79 Å². The third-order valence-corrected chi connectivity index (χ3v) is 2.28. The lowest BCUT2D eigenvalue weighted by atomic mass is 10.3. The first-order chi connectivity index (χ1) is 8.77. The van der Waals surface area contributed by atoms with Crippen LogP contribution in [0.3, 0.4) is 0 Å². The molecule has 0 heterocycles. The lowest BCUT2D eigenvalue weighted by molar-refractivity contribution is -0.137. The van der Waals surface area contributed by atoms with Gasteiger partial charge in [-0.2, -0.15) is 0 Å². The molecule has 0 saturated heterocycles. The van der Waals surface area contributed by atoms with Gasteiger partial charge in [-0.3, -0.25) is 0 Å². The van der Waals surface area contributed by atoms with Gasteiger partial charge in [0, 0.05) is 6.08 Å². The van der Waals surface area contributed by atoms with Crippen molar-refractivity contribution in [2.45, 2.75) is 12.8 Å². The molecule has 0 radical (unpaired) electrons. The van der Waals surface area contributed by atoms with Crippen LogP contribution in [-0.2, 0) is 9.53 Å². The zero-order chi connectivity index (χ0) is 13.2. The molecule has 0 unspecified atom stereocenters. The molecular formula is C14H18O4. The summed E-state index contributed by atoms with van der Waals surface area (Å²) in [5.41, 5.74) is 0. The number of methoxy groups -OCH3 is 1. The van der Waals surface area contributed by atoms with Crippen molar-refractivity contribution >= 4 is 5.97 Å². The molecule has 4 nitrogen and oxygen atoms in total. The predicted molar refractivity (Wildman–Crippen MR) is 68.9 cm³/mol. The summed E-state index contributed by atoms with van der Waals surface area (Å²) in [6.45, 7) is 4.27. The minimum atomic E-state index is -0.388. The minimum absolute atomic E-state index is 0.388. The van der Waals surface area contributed by atoms with Crippen LogP contribution < -0.4 is 9.47 Å². The van der Waals surface area contributed by atoms with Crippen molar-refractivity contribution in [3.63, 3.8) is 0 Å². The number of benzene rings is 1. The SMILES string of the molecule is C=CC(=O)OCCCCOc1ccccc1OC. The first-order valence-corrected chi connectivity index (χ1v) is 5.83. The van der Waals surface area contributed by atoms with E-state index < -0.39 is 0 Å². The molecule has 0 fully saturated rings. The molecule has 0 aliphatic heterocycles. The molecule has 0 N–H and O–H groups in total. The molecule has 0 aliphatic carbocycles. The summed E-state index contributed by atoms with van der Waals surface area (Å²) in [4.78, 5) is 10.8. The second kappa shape index (κ2) is 8.17. The first-order valence-electron chi connectivity index (χ1n) is 5.83. The number of unbranched alkanes of at least 4 members (excludes halogenated alkanes) is 1. The van der Waals surface area contributed by atoms with Gasteiger partial charge in [0.1, 0.15) is 0 Å². The normalized spacial score (nSPS) is 9.61. The Bertz CT molecular complexity index is 387. The number of esters is 1. The van der Waals surface area contributed by atoms with Crippen molar-refractivity contribution in [3.05, 3.63) is 36.9 Å². The number of rotatable bonds is 8. The maximum Gasteiger partial charge on any atom is 0.330 e. The fraction of sp³-hybridized carbons (Fsp3) is 0.357. The van der Waals surface area contributed by atoms with Crippen molar-refractivity contribution in [2.24, 2.45) is 0 Å². The molecule has 0 aliphatic rings. The topological polar surface area (TPSA) is 44.8 Å². The van der Waals surface area contributed by atoms with Crippen molar-refractivity contribution in [3.8, 4) is 11.5 Å². The average molecular weight is 250 g/mol. The maximum atomic E-state index is 10.8. The monoisotopic (exact) mass is 250 g/mol. The second-order valence-corrected chi connectivity index (χ2v) is 3.58. The van der Waals surface area contributed by atoms with Crippen LogP contribution in [0.2, 0.25) is 0 Å². The summed E-state index contributed by atoms with van der Waals surface area (Å²) in [7, 11) is 1.61. The van der Waals surface area contributed by atoms with E-state index in [9.17, 15) is 4.79 Å². The Hall–Kier alpha value is -1.97. The zero-order valence-electron chi connectivity index (χ0n) is 10.6. The third kappa shape index (κ3) is 4.91. The van der Waals surface area contributed by atoms with E-state index in [1.165, 1.54) is 0 Å². The highest BCUT2D eigenvalue weighted by Gasteiger charge is 2.02. The van der Waals surface area contributed by atoms with Gasteiger partial charge in [-0.05, 0) is 25.0 Å². The minimum Gasteiger partial charge on any atom is -0.493 e. The van der Waals surface area contributed by atoms with Crippen LogP contribution in [0.15, 0.2) is 36.9 Å². The summed E-state index contributed by atoms with van der Waals surface area (Å²) in [6, 6.07) is 7.49. The van der Waals surface area contributed by atoms with Crippen LogP contribution in [0.5, 0.6) is 11.5 Å². The number of hydrogen-bond donors (Lipinski definition) is 0.